The fraction of sp³-hybridized carbons (Fsp3) is 0.364. The molecule has 3 heterocycles. The Labute approximate surface area is 271 Å². The molecule has 1 fully saturated rings. The van der Waals surface area contributed by atoms with Crippen LogP contribution in [0, 0.1) is 11.6 Å². The molecule has 1 aliphatic heterocycles. The number of nitrogens with two attached hydrogens (primary N) is 2. The number of piperidine rings is 1. The highest BCUT2D eigenvalue weighted by Gasteiger charge is 2.26. The van der Waals surface area contributed by atoms with E-state index in [1.807, 2.05) is 17.9 Å². The van der Waals surface area contributed by atoms with E-state index in [1.54, 1.807) is 22.7 Å². The van der Waals surface area contributed by atoms with Crippen LogP contribution in [-0.4, -0.2) is 69.8 Å². The summed E-state index contributed by atoms with van der Waals surface area (Å²) in [5.74, 6) is -1.99. The van der Waals surface area contributed by atoms with Crippen molar-refractivity contribution in [2.24, 2.45) is 16.5 Å². The number of halogens is 2. The van der Waals surface area contributed by atoms with Crippen molar-refractivity contribution in [2.75, 3.05) is 32.1 Å². The number of hydrogen-bond donors (Lipinski definition) is 4. The number of benzene rings is 2. The average Bonchev–Trinajstić information content (AvgIpc) is 3.50. The van der Waals surface area contributed by atoms with Crippen molar-refractivity contribution >= 4 is 34.9 Å². The lowest BCUT2D eigenvalue weighted by molar-refractivity contribution is -0.132. The van der Waals surface area contributed by atoms with E-state index >= 15 is 0 Å². The van der Waals surface area contributed by atoms with Crippen LogP contribution in [-0.2, 0) is 11.2 Å². The number of likely N-dealkylation sites (tertiary alicyclic amines) is 1. The zero-order chi connectivity index (χ0) is 33.5. The highest BCUT2D eigenvalue weighted by Crippen LogP contribution is 2.32. The molecular weight excluding hydrogens is 608 g/mol. The van der Waals surface area contributed by atoms with Crippen molar-refractivity contribution in [2.45, 2.75) is 51.5 Å². The molecule has 12 nitrogen and oxygen atoms in total. The van der Waals surface area contributed by atoms with Gasteiger partial charge in [0.1, 0.15) is 0 Å². The maximum Gasteiger partial charge on any atom is 0.251 e. The Morgan fingerprint density at radius 3 is 2.72 bits per heavy atom. The second-order valence-electron chi connectivity index (χ2n) is 11.3. The van der Waals surface area contributed by atoms with E-state index in [-0.39, 0.29) is 35.1 Å². The fourth-order valence-electron chi connectivity index (χ4n) is 5.76. The van der Waals surface area contributed by atoms with Crippen molar-refractivity contribution < 1.29 is 23.1 Å². The number of unbranched alkanes of at least 4 members (excludes halogenated alkanes) is 1. The first-order valence-electron chi connectivity index (χ1n) is 15.6. The first-order chi connectivity index (χ1) is 22.7. The van der Waals surface area contributed by atoms with Gasteiger partial charge < -0.3 is 31.7 Å². The molecule has 0 spiro atoms. The minimum atomic E-state index is -1.08. The number of aryl methyl sites for hydroxylation is 1. The van der Waals surface area contributed by atoms with Crippen molar-refractivity contribution in [3.05, 3.63) is 71.7 Å². The van der Waals surface area contributed by atoms with Crippen LogP contribution in [0.4, 0.5) is 20.3 Å². The van der Waals surface area contributed by atoms with E-state index in [0.29, 0.717) is 67.3 Å². The topological polar surface area (TPSA) is 165 Å². The van der Waals surface area contributed by atoms with Crippen LogP contribution in [0.5, 0.6) is 5.75 Å². The van der Waals surface area contributed by atoms with E-state index < -0.39 is 11.6 Å². The summed E-state index contributed by atoms with van der Waals surface area (Å²) in [5, 5.41) is 6.37. The number of nitrogens with zero attached hydrogens (tertiary/aromatic N) is 5. The molecule has 1 unspecified atom stereocenters. The number of guanidine groups is 1. The smallest absolute Gasteiger partial charge is 0.251 e. The van der Waals surface area contributed by atoms with E-state index in [4.69, 9.17) is 16.2 Å². The summed E-state index contributed by atoms with van der Waals surface area (Å²) < 4.78 is 35.8. The minimum Gasteiger partial charge on any atom is -0.494 e. The van der Waals surface area contributed by atoms with Gasteiger partial charge in [-0.2, -0.15) is 4.39 Å². The SMILES string of the molecule is CCc1cc(Nc2nccn3c(-c4ccc(OC)c(F)c4F)cnc23)ccc1C(=O)NC1CCCN(C(=O)CCCCN=C(N)N)C1. The quantitative estimate of drug-likeness (QED) is 0.101. The van der Waals surface area contributed by atoms with Gasteiger partial charge in [-0.05, 0) is 68.0 Å². The summed E-state index contributed by atoms with van der Waals surface area (Å²) in [6, 6.07) is 8.06. The third-order valence-electron chi connectivity index (χ3n) is 8.17. The van der Waals surface area contributed by atoms with Gasteiger partial charge in [0.15, 0.2) is 29.0 Å². The molecular formula is C33H39F2N9O3. The third-order valence-corrected chi connectivity index (χ3v) is 8.17. The maximum absolute atomic E-state index is 14.9. The summed E-state index contributed by atoms with van der Waals surface area (Å²) in [5.41, 5.74) is 13.5. The predicted octanol–water partition coefficient (Wildman–Crippen LogP) is 4.15. The lowest BCUT2D eigenvalue weighted by Crippen LogP contribution is -2.49. The second-order valence-corrected chi connectivity index (χ2v) is 11.3. The van der Waals surface area contributed by atoms with Crippen molar-refractivity contribution in [1.82, 2.24) is 24.6 Å². The Morgan fingerprint density at radius 2 is 1.96 bits per heavy atom. The Morgan fingerprint density at radius 1 is 1.13 bits per heavy atom. The maximum atomic E-state index is 14.9. The van der Waals surface area contributed by atoms with Gasteiger partial charge in [-0.25, -0.2) is 14.4 Å². The zero-order valence-electron chi connectivity index (χ0n) is 26.4. The Bertz CT molecular complexity index is 1790. The summed E-state index contributed by atoms with van der Waals surface area (Å²) in [4.78, 5) is 40.7. The molecule has 0 radical (unpaired) electrons. The van der Waals surface area contributed by atoms with Crippen molar-refractivity contribution in [1.29, 1.82) is 0 Å². The van der Waals surface area contributed by atoms with Crippen molar-refractivity contribution in [3.63, 3.8) is 0 Å². The van der Waals surface area contributed by atoms with E-state index in [1.165, 1.54) is 31.6 Å². The Kier molecular flexibility index (Phi) is 10.5. The molecule has 1 aliphatic rings. The number of carbonyl (C=O) groups is 2. The minimum absolute atomic E-state index is 0.0292. The molecule has 1 saturated heterocycles. The van der Waals surface area contributed by atoms with Crippen LogP contribution >= 0.6 is 0 Å². The van der Waals surface area contributed by atoms with E-state index in [2.05, 4.69) is 25.6 Å². The predicted molar refractivity (Wildman–Crippen MR) is 176 cm³/mol. The summed E-state index contributed by atoms with van der Waals surface area (Å²) >= 11 is 0. The van der Waals surface area contributed by atoms with Crippen LogP contribution < -0.4 is 26.8 Å². The molecule has 248 valence electrons. The molecule has 2 amide bonds. The van der Waals surface area contributed by atoms with Gasteiger partial charge in [0.2, 0.25) is 11.7 Å². The number of amides is 2. The standard InChI is InChI=1S/C33H39F2N9O3/c1-3-20-17-21(41-30-31-40-18-25(44(31)16-14-38-30)24-11-12-26(47-2)29(35)28(24)34)9-10-23(20)32(46)42-22-7-6-15-43(19-22)27(45)8-4-5-13-39-33(36)37/h9-12,14,16-18,22H,3-8,13,15,19H2,1-2H3,(H,38,41)(H,42,46)(H4,36,37,39). The summed E-state index contributed by atoms with van der Waals surface area (Å²) in [6.45, 7) is 3.60. The first-order valence-corrected chi connectivity index (χ1v) is 15.6. The number of ether oxygens (including phenoxy) is 1. The number of hydrogen-bond acceptors (Lipinski definition) is 7. The monoisotopic (exact) mass is 647 g/mol. The Balaban J connectivity index is 1.25. The van der Waals surface area contributed by atoms with Gasteiger partial charge in [0.25, 0.3) is 5.91 Å². The van der Waals surface area contributed by atoms with E-state index in [9.17, 15) is 18.4 Å². The van der Waals surface area contributed by atoms with Gasteiger partial charge in [-0.3, -0.25) is 19.0 Å². The van der Waals surface area contributed by atoms with Gasteiger partial charge in [-0.1, -0.05) is 6.92 Å². The molecule has 2 aromatic heterocycles. The average molecular weight is 648 g/mol. The highest BCUT2D eigenvalue weighted by atomic mass is 19.2. The lowest BCUT2D eigenvalue weighted by Gasteiger charge is -2.33. The molecule has 2 aromatic carbocycles. The van der Waals surface area contributed by atoms with Crippen LogP contribution in [0.2, 0.25) is 0 Å². The van der Waals surface area contributed by atoms with Gasteiger partial charge in [0.05, 0.1) is 19.0 Å². The van der Waals surface area contributed by atoms with Crippen LogP contribution in [0.3, 0.4) is 0 Å². The molecule has 0 saturated carbocycles. The molecule has 1 atom stereocenters. The van der Waals surface area contributed by atoms with Gasteiger partial charge in [-0.15, -0.1) is 0 Å². The molecule has 5 rings (SSSR count). The van der Waals surface area contributed by atoms with Crippen LogP contribution in [0.1, 0.15) is 54.9 Å². The number of fused-ring (bicyclic) bond motifs is 1. The summed E-state index contributed by atoms with van der Waals surface area (Å²) in [7, 11) is 1.27. The highest BCUT2D eigenvalue weighted by molar-refractivity contribution is 5.96. The number of imidazole rings is 1. The van der Waals surface area contributed by atoms with Gasteiger partial charge in [0, 0.05) is 61.3 Å². The molecule has 47 heavy (non-hydrogen) atoms. The number of nitrogens with one attached hydrogen (secondary N) is 2. The number of aliphatic imine (C=N–C) groups is 1. The van der Waals surface area contributed by atoms with Crippen LogP contribution in [0.15, 0.2) is 53.9 Å². The number of methoxy groups -OCH3 is 1. The Hall–Kier alpha value is -5.27. The normalized spacial score (nSPS) is 14.6. The number of anilines is 2. The molecule has 14 heteroatoms. The molecule has 6 N–H and O–H groups in total. The summed E-state index contributed by atoms with van der Waals surface area (Å²) in [6.07, 6.45) is 8.62. The molecule has 0 aliphatic carbocycles. The lowest BCUT2D eigenvalue weighted by atomic mass is 10.0. The van der Waals surface area contributed by atoms with Crippen LogP contribution in [0.25, 0.3) is 16.9 Å². The third kappa shape index (κ3) is 7.59. The second kappa shape index (κ2) is 14.9. The molecule has 4 aromatic rings. The fourth-order valence-corrected chi connectivity index (χ4v) is 5.76. The number of aromatic nitrogens is 3. The van der Waals surface area contributed by atoms with E-state index in [0.717, 1.165) is 24.8 Å². The first kappa shape index (κ1) is 33.1. The molecule has 0 bridgehead atoms. The number of rotatable bonds is 12. The number of carbonyl (C=O) groups excluding carboxylic acids is 2. The zero-order valence-corrected chi connectivity index (χ0v) is 26.4. The van der Waals surface area contributed by atoms with Gasteiger partial charge >= 0.3 is 0 Å². The van der Waals surface area contributed by atoms with Crippen molar-refractivity contribution in [3.8, 4) is 17.0 Å². The largest absolute Gasteiger partial charge is 0.494 e.